The van der Waals surface area contributed by atoms with Gasteiger partial charge in [-0.15, -0.1) is 0 Å². The van der Waals surface area contributed by atoms with Crippen molar-refractivity contribution in [1.29, 1.82) is 0 Å². The normalized spacial score (nSPS) is 24.0. The molecule has 1 nitrogen and oxygen atoms in total. The maximum Gasteiger partial charge on any atom is 0.0103 e. The minimum atomic E-state index is 0.810. The van der Waals surface area contributed by atoms with Crippen molar-refractivity contribution in [1.82, 2.24) is 5.32 Å². The molecule has 1 aliphatic rings. The number of nitrogens with one attached hydrogen (secondary N) is 1. The molecule has 1 fully saturated rings. The summed E-state index contributed by atoms with van der Waals surface area (Å²) in [6.45, 7) is 5.75. The molecule has 0 aliphatic carbocycles. The van der Waals surface area contributed by atoms with Gasteiger partial charge in [0.05, 0.1) is 0 Å². The minimum absolute atomic E-state index is 0.810. The van der Waals surface area contributed by atoms with Gasteiger partial charge in [0.15, 0.2) is 0 Å². The van der Waals surface area contributed by atoms with Crippen LogP contribution in [0.15, 0.2) is 0 Å². The molecule has 1 N–H and O–H groups in total. The van der Waals surface area contributed by atoms with Crippen LogP contribution >= 0.6 is 11.8 Å². The lowest BCUT2D eigenvalue weighted by molar-refractivity contribution is 0.354. The maximum absolute atomic E-state index is 3.73. The lowest BCUT2D eigenvalue weighted by Crippen LogP contribution is -2.36. The van der Waals surface area contributed by atoms with Crippen molar-refractivity contribution in [2.75, 3.05) is 18.1 Å². The highest BCUT2D eigenvalue weighted by Crippen LogP contribution is 2.28. The number of hydrogen-bond donors (Lipinski definition) is 1. The van der Waals surface area contributed by atoms with Gasteiger partial charge >= 0.3 is 0 Å². The van der Waals surface area contributed by atoms with E-state index in [0.29, 0.717) is 0 Å². The first-order valence-corrected chi connectivity index (χ1v) is 7.35. The number of rotatable bonds is 7. The van der Waals surface area contributed by atoms with E-state index in [-0.39, 0.29) is 0 Å². The molecule has 1 rings (SSSR count). The van der Waals surface area contributed by atoms with Crippen molar-refractivity contribution in [2.24, 2.45) is 5.92 Å². The Kier molecular flexibility index (Phi) is 6.70. The summed E-state index contributed by atoms with van der Waals surface area (Å²) < 4.78 is 0. The van der Waals surface area contributed by atoms with Gasteiger partial charge in [0.25, 0.3) is 0 Å². The highest BCUT2D eigenvalue weighted by Gasteiger charge is 2.23. The SMILES string of the molecule is CCCCC(NCCC)C1CCSC1. The molecule has 0 aromatic carbocycles. The molecule has 0 aromatic rings. The standard InChI is InChI=1S/C12H25NS/c1-3-5-6-12(13-8-4-2)11-7-9-14-10-11/h11-13H,3-10H2,1-2H3. The first-order valence-electron chi connectivity index (χ1n) is 6.19. The van der Waals surface area contributed by atoms with E-state index in [1.165, 1.54) is 50.2 Å². The number of hydrogen-bond acceptors (Lipinski definition) is 2. The molecule has 0 aromatic heterocycles. The highest BCUT2D eigenvalue weighted by atomic mass is 32.2. The third-order valence-electron chi connectivity index (χ3n) is 3.06. The first-order chi connectivity index (χ1) is 6.88. The van der Waals surface area contributed by atoms with Crippen LogP contribution in [-0.4, -0.2) is 24.1 Å². The Morgan fingerprint density at radius 1 is 1.36 bits per heavy atom. The fourth-order valence-corrected chi connectivity index (χ4v) is 3.47. The number of thioether (sulfide) groups is 1. The van der Waals surface area contributed by atoms with E-state index in [2.05, 4.69) is 30.9 Å². The van der Waals surface area contributed by atoms with Crippen molar-refractivity contribution in [3.05, 3.63) is 0 Å². The Morgan fingerprint density at radius 3 is 2.79 bits per heavy atom. The molecule has 1 saturated heterocycles. The van der Waals surface area contributed by atoms with Gasteiger partial charge in [-0.2, -0.15) is 11.8 Å². The fraction of sp³-hybridized carbons (Fsp3) is 1.00. The Bertz CT molecular complexity index is 124. The summed E-state index contributed by atoms with van der Waals surface area (Å²) in [5, 5.41) is 3.73. The third-order valence-corrected chi connectivity index (χ3v) is 4.25. The molecule has 0 saturated carbocycles. The van der Waals surface area contributed by atoms with Crippen LogP contribution in [0.25, 0.3) is 0 Å². The summed E-state index contributed by atoms with van der Waals surface area (Å²) in [4.78, 5) is 0. The quantitative estimate of drug-likeness (QED) is 0.699. The van der Waals surface area contributed by atoms with Gasteiger partial charge in [-0.3, -0.25) is 0 Å². The first kappa shape index (κ1) is 12.4. The van der Waals surface area contributed by atoms with E-state index in [1.807, 2.05) is 0 Å². The molecular weight excluding hydrogens is 190 g/mol. The van der Waals surface area contributed by atoms with Crippen molar-refractivity contribution in [3.8, 4) is 0 Å². The second kappa shape index (κ2) is 7.58. The van der Waals surface area contributed by atoms with E-state index < -0.39 is 0 Å². The molecule has 0 spiro atoms. The summed E-state index contributed by atoms with van der Waals surface area (Å²) in [5.41, 5.74) is 0. The van der Waals surface area contributed by atoms with Crippen LogP contribution in [0.3, 0.4) is 0 Å². The molecule has 0 radical (unpaired) electrons. The number of unbranched alkanes of at least 4 members (excludes halogenated alkanes) is 1. The molecule has 1 heterocycles. The van der Waals surface area contributed by atoms with E-state index in [0.717, 1.165) is 12.0 Å². The third kappa shape index (κ3) is 4.22. The van der Waals surface area contributed by atoms with Crippen LogP contribution in [-0.2, 0) is 0 Å². The molecule has 84 valence electrons. The molecule has 14 heavy (non-hydrogen) atoms. The molecular formula is C12H25NS. The lowest BCUT2D eigenvalue weighted by atomic mass is 9.94. The fourth-order valence-electron chi connectivity index (χ4n) is 2.13. The summed E-state index contributed by atoms with van der Waals surface area (Å²) >= 11 is 2.14. The Morgan fingerprint density at radius 2 is 2.21 bits per heavy atom. The predicted molar refractivity (Wildman–Crippen MR) is 67.0 cm³/mol. The van der Waals surface area contributed by atoms with Gasteiger partial charge in [-0.1, -0.05) is 26.7 Å². The van der Waals surface area contributed by atoms with Crippen molar-refractivity contribution >= 4 is 11.8 Å². The maximum atomic E-state index is 3.73. The minimum Gasteiger partial charge on any atom is -0.314 e. The van der Waals surface area contributed by atoms with Crippen LogP contribution in [0.5, 0.6) is 0 Å². The molecule has 0 amide bonds. The van der Waals surface area contributed by atoms with Crippen molar-refractivity contribution in [2.45, 2.75) is 52.0 Å². The smallest absolute Gasteiger partial charge is 0.0103 e. The molecule has 1 aliphatic heterocycles. The highest BCUT2D eigenvalue weighted by molar-refractivity contribution is 7.99. The zero-order valence-corrected chi connectivity index (χ0v) is 10.5. The van der Waals surface area contributed by atoms with E-state index in [9.17, 15) is 0 Å². The summed E-state index contributed by atoms with van der Waals surface area (Å²) in [6, 6.07) is 0.810. The van der Waals surface area contributed by atoms with E-state index in [4.69, 9.17) is 0 Å². The Balaban J connectivity index is 2.26. The van der Waals surface area contributed by atoms with Gasteiger partial charge in [-0.05, 0) is 43.2 Å². The van der Waals surface area contributed by atoms with Crippen LogP contribution in [0.4, 0.5) is 0 Å². The van der Waals surface area contributed by atoms with Gasteiger partial charge in [-0.25, -0.2) is 0 Å². The van der Waals surface area contributed by atoms with Crippen LogP contribution in [0.2, 0.25) is 0 Å². The van der Waals surface area contributed by atoms with Gasteiger partial charge < -0.3 is 5.32 Å². The Hall–Kier alpha value is 0.310. The molecule has 2 unspecified atom stereocenters. The lowest BCUT2D eigenvalue weighted by Gasteiger charge is -2.24. The second-order valence-electron chi connectivity index (χ2n) is 4.33. The average Bonchev–Trinajstić information content (AvgIpc) is 2.71. The summed E-state index contributed by atoms with van der Waals surface area (Å²) in [5.74, 6) is 3.74. The van der Waals surface area contributed by atoms with Crippen LogP contribution in [0, 0.1) is 5.92 Å². The van der Waals surface area contributed by atoms with E-state index in [1.54, 1.807) is 0 Å². The molecule has 2 heteroatoms. The summed E-state index contributed by atoms with van der Waals surface area (Å²) in [6.07, 6.45) is 6.83. The monoisotopic (exact) mass is 215 g/mol. The second-order valence-corrected chi connectivity index (χ2v) is 5.48. The largest absolute Gasteiger partial charge is 0.314 e. The van der Waals surface area contributed by atoms with Crippen LogP contribution in [0.1, 0.15) is 46.0 Å². The predicted octanol–water partition coefficient (Wildman–Crippen LogP) is 3.30. The zero-order valence-electron chi connectivity index (χ0n) is 9.72. The molecule has 0 bridgehead atoms. The summed E-state index contributed by atoms with van der Waals surface area (Å²) in [7, 11) is 0. The van der Waals surface area contributed by atoms with Gasteiger partial charge in [0.1, 0.15) is 0 Å². The Labute approximate surface area is 93.4 Å². The zero-order chi connectivity index (χ0) is 10.2. The molecule has 2 atom stereocenters. The van der Waals surface area contributed by atoms with Gasteiger partial charge in [0, 0.05) is 6.04 Å². The topological polar surface area (TPSA) is 12.0 Å². The van der Waals surface area contributed by atoms with Crippen LogP contribution < -0.4 is 5.32 Å². The van der Waals surface area contributed by atoms with Crippen molar-refractivity contribution in [3.63, 3.8) is 0 Å². The van der Waals surface area contributed by atoms with E-state index >= 15 is 0 Å². The average molecular weight is 215 g/mol. The van der Waals surface area contributed by atoms with Gasteiger partial charge in [0.2, 0.25) is 0 Å². The van der Waals surface area contributed by atoms with Crippen molar-refractivity contribution < 1.29 is 0 Å².